The first kappa shape index (κ1) is 32.5. The zero-order chi connectivity index (χ0) is 20.8. The maximum atomic E-state index is 9.65. The van der Waals surface area contributed by atoms with E-state index >= 15 is 0 Å². The van der Waals surface area contributed by atoms with Crippen molar-refractivity contribution in [3.05, 3.63) is 47.6 Å². The van der Waals surface area contributed by atoms with Crippen molar-refractivity contribution in [1.82, 2.24) is 0 Å². The van der Waals surface area contributed by atoms with Gasteiger partial charge in [-0.3, -0.25) is 6.08 Å². The van der Waals surface area contributed by atoms with Crippen LogP contribution in [0.1, 0.15) is 53.5 Å². The van der Waals surface area contributed by atoms with Crippen LogP contribution in [0.15, 0.2) is 35.9 Å². The Bertz CT molecular complexity index is 633. The first-order valence-electron chi connectivity index (χ1n) is 9.19. The van der Waals surface area contributed by atoms with Crippen molar-refractivity contribution in [3.63, 3.8) is 0 Å². The van der Waals surface area contributed by atoms with Crippen molar-refractivity contribution in [3.8, 4) is 5.75 Å². The van der Waals surface area contributed by atoms with E-state index in [1.165, 1.54) is 10.8 Å². The first-order chi connectivity index (χ1) is 11.7. The van der Waals surface area contributed by atoms with Crippen molar-refractivity contribution in [2.24, 2.45) is 5.41 Å². The molecule has 0 aromatic heterocycles. The molecule has 1 aromatic carbocycles. The second-order valence-corrected chi connectivity index (χ2v) is 14.7. The molecule has 1 N–H and O–H groups in total. The van der Waals surface area contributed by atoms with E-state index in [-0.39, 0.29) is 24.8 Å². The Labute approximate surface area is 198 Å². The van der Waals surface area contributed by atoms with E-state index in [0.29, 0.717) is 16.2 Å². The largest absolute Gasteiger partial charge is 1.00 e. The summed E-state index contributed by atoms with van der Waals surface area (Å²) in [6, 6.07) is 5.97. The van der Waals surface area contributed by atoms with Gasteiger partial charge in [-0.05, 0) is 35.1 Å². The molecule has 0 bridgehead atoms. The van der Waals surface area contributed by atoms with Gasteiger partial charge in [0.05, 0.1) is 8.07 Å². The maximum Gasteiger partial charge on any atom is -1.00 e. The molecule has 0 unspecified atom stereocenters. The van der Waals surface area contributed by atoms with E-state index in [9.17, 15) is 5.11 Å². The quantitative estimate of drug-likeness (QED) is 0.451. The van der Waals surface area contributed by atoms with E-state index in [1.54, 1.807) is 20.0 Å². The Morgan fingerprint density at radius 1 is 1.00 bits per heavy atom. The minimum Gasteiger partial charge on any atom is -1.00 e. The van der Waals surface area contributed by atoms with Crippen LogP contribution in [-0.2, 0) is 20.0 Å². The maximum absolute atomic E-state index is 9.65. The van der Waals surface area contributed by atoms with Gasteiger partial charge in [0.2, 0.25) is 0 Å². The molecule has 0 saturated carbocycles. The summed E-state index contributed by atoms with van der Waals surface area (Å²) in [6.45, 7) is 20.3. The Kier molecular flexibility index (Phi) is 15.4. The summed E-state index contributed by atoms with van der Waals surface area (Å²) in [7, 11) is -1.50. The average molecular weight is 476 g/mol. The molecule has 0 saturated heterocycles. The predicted octanol–water partition coefficient (Wildman–Crippen LogP) is 0.111. The summed E-state index contributed by atoms with van der Waals surface area (Å²) in [6.07, 6.45) is 8.63. The van der Waals surface area contributed by atoms with E-state index in [4.69, 9.17) is 0 Å². The van der Waals surface area contributed by atoms with Gasteiger partial charge in [-0.25, -0.2) is 11.6 Å². The molecule has 1 aromatic rings. The Morgan fingerprint density at radius 2 is 1.50 bits per heavy atom. The van der Waals surface area contributed by atoms with Crippen LogP contribution < -0.4 is 30.0 Å². The Morgan fingerprint density at radius 3 is 1.79 bits per heavy atom. The van der Waals surface area contributed by atoms with Crippen LogP contribution in [-0.4, -0.2) is 18.0 Å². The standard InChI is InChI=1S/C13H22OSi.C9H13.CH2.2ClH.Ti/c1-10-7-11(14)9-12(8-10)15(5,6)13(2,3)4;1-9(2,3)8-6-4-5-7-8;;;;/h7-9,14H,1-6H3;4,6H,5H2,1-3H3;1H2;2*1H;/q;-1;;;;+1/p-2. The van der Waals surface area contributed by atoms with E-state index < -0.39 is 8.07 Å². The molecular formula is C23H37Cl2OSiTi-2. The van der Waals surface area contributed by atoms with Crippen LogP contribution in [0.5, 0.6) is 5.75 Å². The number of hydrogen-bond acceptors (Lipinski definition) is 1. The minimum atomic E-state index is -1.50. The molecule has 0 heterocycles. The molecule has 0 amide bonds. The molecule has 0 atom stereocenters. The van der Waals surface area contributed by atoms with E-state index in [2.05, 4.69) is 83.7 Å². The summed E-state index contributed by atoms with van der Waals surface area (Å²) in [4.78, 5) is 3.25. The van der Waals surface area contributed by atoms with Crippen molar-refractivity contribution in [2.45, 2.75) is 73.0 Å². The summed E-state index contributed by atoms with van der Waals surface area (Å²) < 4.78 is 0. The normalized spacial score (nSPS) is 13.0. The van der Waals surface area contributed by atoms with Crippen LogP contribution in [0.25, 0.3) is 0 Å². The van der Waals surface area contributed by atoms with E-state index in [0.717, 1.165) is 12.0 Å². The minimum absolute atomic E-state index is 0. The van der Waals surface area contributed by atoms with Crippen molar-refractivity contribution in [2.75, 3.05) is 0 Å². The van der Waals surface area contributed by atoms with Crippen molar-refractivity contribution in [1.29, 1.82) is 0 Å². The molecule has 5 heteroatoms. The number of aryl methyl sites for hydroxylation is 1. The molecule has 159 valence electrons. The number of hydrogen-bond donors (Lipinski definition) is 1. The third-order valence-corrected chi connectivity index (χ3v) is 10.6. The fraction of sp³-hybridized carbons (Fsp3) is 0.522. The van der Waals surface area contributed by atoms with Gasteiger partial charge in [0, 0.05) is 0 Å². The molecule has 28 heavy (non-hydrogen) atoms. The molecule has 1 nitrogen and oxygen atoms in total. The zero-order valence-electron chi connectivity index (χ0n) is 19.0. The van der Waals surface area contributed by atoms with Gasteiger partial charge in [-0.15, -0.1) is 6.42 Å². The predicted molar refractivity (Wildman–Crippen MR) is 117 cm³/mol. The zero-order valence-corrected chi connectivity index (χ0v) is 23.1. The van der Waals surface area contributed by atoms with Gasteiger partial charge in [0.15, 0.2) is 0 Å². The van der Waals surface area contributed by atoms with Gasteiger partial charge in [-0.2, -0.15) is 6.08 Å². The molecule has 0 fully saturated rings. The SMILES string of the molecule is CC(C)(C)C1=[C-]CC=C1.Cc1cc(O)cc([Si](C)(C)C(C)(C)C)c1.[CH2]=[Ti+].[Cl-].[Cl-]. The molecule has 0 aliphatic heterocycles. The Balaban J connectivity index is -0.000000416. The summed E-state index contributed by atoms with van der Waals surface area (Å²) in [5, 5.41) is 11.3. The van der Waals surface area contributed by atoms with Gasteiger partial charge in [-0.1, -0.05) is 65.9 Å². The fourth-order valence-electron chi connectivity index (χ4n) is 2.48. The van der Waals surface area contributed by atoms with Gasteiger partial charge >= 0.3 is 24.8 Å². The van der Waals surface area contributed by atoms with Crippen LogP contribution in [0.4, 0.5) is 0 Å². The van der Waals surface area contributed by atoms with Gasteiger partial charge in [0.1, 0.15) is 5.75 Å². The van der Waals surface area contributed by atoms with Crippen LogP contribution in [0.2, 0.25) is 18.1 Å². The van der Waals surface area contributed by atoms with E-state index in [1.807, 2.05) is 19.1 Å². The number of allylic oxidation sites excluding steroid dienone is 4. The number of phenols is 1. The first-order valence-corrected chi connectivity index (χ1v) is 13.3. The molecule has 0 spiro atoms. The van der Waals surface area contributed by atoms with Crippen LogP contribution in [0, 0.1) is 18.4 Å². The smallest absolute Gasteiger partial charge is 1.00 e. The fourth-order valence-corrected chi connectivity index (χ4v) is 4.44. The third kappa shape index (κ3) is 10.1. The summed E-state index contributed by atoms with van der Waals surface area (Å²) in [5.41, 5.74) is 2.80. The van der Waals surface area contributed by atoms with Gasteiger partial charge < -0.3 is 29.9 Å². The van der Waals surface area contributed by atoms with Crippen LogP contribution >= 0.6 is 0 Å². The van der Waals surface area contributed by atoms with Crippen molar-refractivity contribution < 1.29 is 49.9 Å². The van der Waals surface area contributed by atoms with Crippen molar-refractivity contribution >= 4 is 18.1 Å². The second-order valence-electron chi connectivity index (χ2n) is 9.38. The molecule has 1 aliphatic carbocycles. The third-order valence-electron chi connectivity index (χ3n) is 5.16. The summed E-state index contributed by atoms with van der Waals surface area (Å²) in [5.74, 6) is 0.398. The molecular weight excluding hydrogens is 439 g/mol. The average Bonchev–Trinajstić information content (AvgIpc) is 3.02. The van der Waals surface area contributed by atoms with Crippen LogP contribution in [0.3, 0.4) is 0 Å². The molecule has 0 radical (unpaired) electrons. The number of aromatic hydroxyl groups is 1. The summed E-state index contributed by atoms with van der Waals surface area (Å²) >= 11 is 1.75. The number of benzene rings is 1. The number of rotatable bonds is 1. The number of phenolic OH excluding ortho intramolecular Hbond substituents is 1. The molecule has 2 rings (SSSR count). The number of halogens is 2. The Hall–Kier alpha value is -0.119. The topological polar surface area (TPSA) is 20.2 Å². The molecule has 1 aliphatic rings. The van der Waals surface area contributed by atoms with Gasteiger partial charge in [0.25, 0.3) is 0 Å². The monoisotopic (exact) mass is 475 g/mol. The second kappa shape index (κ2) is 13.2.